The molecule has 0 unspecified atom stereocenters. The standard InChI is InChI=1S/C17H15Cl2F3N2O2/c18-13-7-6-11(10-12(13)17(20,21)22)24-16(25)23-8-3-9-26-15-5-2-1-4-14(15)19/h1-2,4-7,10H,3,8-9H2,(H2,23,24,25). The van der Waals surface area contributed by atoms with E-state index in [4.69, 9.17) is 27.9 Å². The molecular weight excluding hydrogens is 392 g/mol. The SMILES string of the molecule is O=C(NCCCOc1ccccc1Cl)Nc1ccc(Cl)c(C(F)(F)F)c1. The van der Waals surface area contributed by atoms with Crippen LogP contribution in [0.25, 0.3) is 0 Å². The van der Waals surface area contributed by atoms with E-state index in [2.05, 4.69) is 10.6 Å². The van der Waals surface area contributed by atoms with Crippen LogP contribution in [0.2, 0.25) is 10.0 Å². The number of benzene rings is 2. The van der Waals surface area contributed by atoms with Gasteiger partial charge < -0.3 is 15.4 Å². The number of rotatable bonds is 6. The summed E-state index contributed by atoms with van der Waals surface area (Å²) in [6.45, 7) is 0.596. The van der Waals surface area contributed by atoms with Crippen molar-refractivity contribution in [1.29, 1.82) is 0 Å². The third-order valence-electron chi connectivity index (χ3n) is 3.23. The lowest BCUT2D eigenvalue weighted by atomic mass is 10.2. The Morgan fingerprint density at radius 1 is 1.08 bits per heavy atom. The summed E-state index contributed by atoms with van der Waals surface area (Å²) in [4.78, 5) is 11.7. The molecule has 0 aliphatic heterocycles. The van der Waals surface area contributed by atoms with Crippen LogP contribution in [0.15, 0.2) is 42.5 Å². The number of carbonyl (C=O) groups excluding carboxylic acids is 1. The Kier molecular flexibility index (Phi) is 6.99. The van der Waals surface area contributed by atoms with Gasteiger partial charge in [0.1, 0.15) is 5.75 Å². The van der Waals surface area contributed by atoms with Crippen LogP contribution in [0.3, 0.4) is 0 Å². The molecule has 0 bridgehead atoms. The number of amides is 2. The van der Waals surface area contributed by atoms with Gasteiger partial charge in [0.2, 0.25) is 0 Å². The van der Waals surface area contributed by atoms with Crippen LogP contribution in [-0.4, -0.2) is 19.2 Å². The van der Waals surface area contributed by atoms with Gasteiger partial charge in [-0.1, -0.05) is 35.3 Å². The molecule has 9 heteroatoms. The fourth-order valence-corrected chi connectivity index (χ4v) is 2.43. The molecule has 0 saturated carbocycles. The number of nitrogens with one attached hydrogen (secondary N) is 2. The average Bonchev–Trinajstić information content (AvgIpc) is 2.57. The minimum Gasteiger partial charge on any atom is -0.492 e. The maximum atomic E-state index is 12.8. The molecule has 2 amide bonds. The van der Waals surface area contributed by atoms with Crippen LogP contribution in [0, 0.1) is 0 Å². The predicted molar refractivity (Wildman–Crippen MR) is 95.0 cm³/mol. The Hall–Kier alpha value is -2.12. The third kappa shape index (κ3) is 6.00. The summed E-state index contributed by atoms with van der Waals surface area (Å²) in [5, 5.41) is 4.91. The van der Waals surface area contributed by atoms with Crippen molar-refractivity contribution >= 4 is 34.9 Å². The smallest absolute Gasteiger partial charge is 0.417 e. The highest BCUT2D eigenvalue weighted by Gasteiger charge is 2.33. The normalized spacial score (nSPS) is 11.1. The molecule has 2 rings (SSSR count). The molecule has 0 fully saturated rings. The van der Waals surface area contributed by atoms with E-state index < -0.39 is 22.8 Å². The fourth-order valence-electron chi connectivity index (χ4n) is 2.01. The molecular formula is C17H15Cl2F3N2O2. The van der Waals surface area contributed by atoms with Crippen molar-refractivity contribution in [3.63, 3.8) is 0 Å². The molecule has 0 spiro atoms. The number of alkyl halides is 3. The highest BCUT2D eigenvalue weighted by atomic mass is 35.5. The van der Waals surface area contributed by atoms with Gasteiger partial charge >= 0.3 is 12.2 Å². The van der Waals surface area contributed by atoms with Crippen molar-refractivity contribution in [3.05, 3.63) is 58.1 Å². The van der Waals surface area contributed by atoms with Crippen LogP contribution in [-0.2, 0) is 6.18 Å². The molecule has 140 valence electrons. The monoisotopic (exact) mass is 406 g/mol. The van der Waals surface area contributed by atoms with Crippen LogP contribution in [0.4, 0.5) is 23.7 Å². The largest absolute Gasteiger partial charge is 0.492 e. The number of hydrogen-bond donors (Lipinski definition) is 2. The molecule has 0 aliphatic carbocycles. The molecule has 2 aromatic carbocycles. The lowest BCUT2D eigenvalue weighted by Crippen LogP contribution is -2.30. The molecule has 0 heterocycles. The van der Waals surface area contributed by atoms with Crippen molar-refractivity contribution in [3.8, 4) is 5.75 Å². The summed E-state index contributed by atoms with van der Waals surface area (Å²) in [6, 6.07) is 9.51. The molecule has 0 aliphatic rings. The number of para-hydroxylation sites is 1. The van der Waals surface area contributed by atoms with E-state index in [1.807, 2.05) is 0 Å². The first-order valence-corrected chi connectivity index (χ1v) is 8.32. The molecule has 0 atom stereocenters. The Balaban J connectivity index is 1.76. The third-order valence-corrected chi connectivity index (χ3v) is 3.87. The second-order valence-electron chi connectivity index (χ2n) is 5.21. The van der Waals surface area contributed by atoms with Gasteiger partial charge in [-0.15, -0.1) is 0 Å². The van der Waals surface area contributed by atoms with E-state index in [1.54, 1.807) is 24.3 Å². The zero-order valence-corrected chi connectivity index (χ0v) is 14.9. The van der Waals surface area contributed by atoms with E-state index >= 15 is 0 Å². The maximum absolute atomic E-state index is 12.8. The molecule has 0 radical (unpaired) electrons. The minimum absolute atomic E-state index is 0.00783. The predicted octanol–water partition coefficient (Wildman–Crippen LogP) is 5.60. The number of halogens is 5. The first-order chi connectivity index (χ1) is 12.3. The highest BCUT2D eigenvalue weighted by molar-refractivity contribution is 6.32. The highest BCUT2D eigenvalue weighted by Crippen LogP contribution is 2.36. The molecule has 2 N–H and O–H groups in total. The number of carbonyl (C=O) groups is 1. The first kappa shape index (κ1) is 20.2. The summed E-state index contributed by atoms with van der Waals surface area (Å²) < 4.78 is 43.8. The van der Waals surface area contributed by atoms with Crippen LogP contribution in [0.1, 0.15) is 12.0 Å². The van der Waals surface area contributed by atoms with Crippen molar-refractivity contribution < 1.29 is 22.7 Å². The lowest BCUT2D eigenvalue weighted by molar-refractivity contribution is -0.137. The summed E-state index contributed by atoms with van der Waals surface area (Å²) in [5.74, 6) is 0.541. The fraction of sp³-hybridized carbons (Fsp3) is 0.235. The van der Waals surface area contributed by atoms with Crippen molar-refractivity contribution in [2.75, 3.05) is 18.5 Å². The van der Waals surface area contributed by atoms with E-state index in [1.165, 1.54) is 6.07 Å². The molecule has 0 aromatic heterocycles. The number of hydrogen-bond acceptors (Lipinski definition) is 2. The zero-order valence-electron chi connectivity index (χ0n) is 13.4. The topological polar surface area (TPSA) is 50.4 Å². The van der Waals surface area contributed by atoms with Gasteiger partial charge in [0.25, 0.3) is 0 Å². The van der Waals surface area contributed by atoms with Gasteiger partial charge in [-0.2, -0.15) is 13.2 Å². The van der Waals surface area contributed by atoms with Gasteiger partial charge in [0.15, 0.2) is 0 Å². The van der Waals surface area contributed by atoms with Gasteiger partial charge in [0.05, 0.1) is 22.2 Å². The van der Waals surface area contributed by atoms with E-state index in [9.17, 15) is 18.0 Å². The van der Waals surface area contributed by atoms with Crippen molar-refractivity contribution in [1.82, 2.24) is 5.32 Å². The first-order valence-electron chi connectivity index (χ1n) is 7.56. The summed E-state index contributed by atoms with van der Waals surface area (Å²) in [6.07, 6.45) is -4.10. The summed E-state index contributed by atoms with van der Waals surface area (Å²) in [5.41, 5.74) is -1.02. The average molecular weight is 407 g/mol. The minimum atomic E-state index is -4.60. The maximum Gasteiger partial charge on any atom is 0.417 e. The van der Waals surface area contributed by atoms with Gasteiger partial charge in [0, 0.05) is 12.2 Å². The number of ether oxygens (including phenoxy) is 1. The molecule has 2 aromatic rings. The number of urea groups is 1. The Labute approximate surface area is 158 Å². The summed E-state index contributed by atoms with van der Waals surface area (Å²) >= 11 is 11.5. The number of anilines is 1. The molecule has 0 saturated heterocycles. The van der Waals surface area contributed by atoms with E-state index in [0.29, 0.717) is 23.8 Å². The Morgan fingerprint density at radius 2 is 1.81 bits per heavy atom. The zero-order chi connectivity index (χ0) is 19.2. The van der Waals surface area contributed by atoms with Crippen LogP contribution >= 0.6 is 23.2 Å². The van der Waals surface area contributed by atoms with Gasteiger partial charge in [-0.3, -0.25) is 0 Å². The lowest BCUT2D eigenvalue weighted by Gasteiger charge is -2.12. The van der Waals surface area contributed by atoms with Crippen molar-refractivity contribution in [2.45, 2.75) is 12.6 Å². The molecule has 4 nitrogen and oxygen atoms in total. The second kappa shape index (κ2) is 9.00. The Bertz CT molecular complexity index is 770. The van der Waals surface area contributed by atoms with E-state index in [0.717, 1.165) is 12.1 Å². The summed E-state index contributed by atoms with van der Waals surface area (Å²) in [7, 11) is 0. The van der Waals surface area contributed by atoms with Gasteiger partial charge in [-0.25, -0.2) is 4.79 Å². The second-order valence-corrected chi connectivity index (χ2v) is 6.02. The van der Waals surface area contributed by atoms with E-state index in [-0.39, 0.29) is 12.2 Å². The quantitative estimate of drug-likeness (QED) is 0.613. The Morgan fingerprint density at radius 3 is 2.50 bits per heavy atom. The van der Waals surface area contributed by atoms with Gasteiger partial charge in [-0.05, 0) is 36.8 Å². The van der Waals surface area contributed by atoms with Crippen molar-refractivity contribution in [2.24, 2.45) is 0 Å². The van der Waals surface area contributed by atoms with Crippen LogP contribution < -0.4 is 15.4 Å². The molecule has 26 heavy (non-hydrogen) atoms. The van der Waals surface area contributed by atoms with Crippen LogP contribution in [0.5, 0.6) is 5.75 Å².